The highest BCUT2D eigenvalue weighted by atomic mass is 16.5. The first-order chi connectivity index (χ1) is 9.27. The molecular formula is C15H17NO3. The average Bonchev–Trinajstić information content (AvgIpc) is 2.47. The largest absolute Gasteiger partial charge is 0.495 e. The number of hydrogen-bond donors (Lipinski definition) is 1. The van der Waals surface area contributed by atoms with E-state index in [-0.39, 0.29) is 0 Å². The van der Waals surface area contributed by atoms with Crippen molar-refractivity contribution in [2.45, 2.75) is 12.7 Å². The lowest BCUT2D eigenvalue weighted by molar-refractivity contribution is 0.174. The van der Waals surface area contributed by atoms with Crippen molar-refractivity contribution in [3.8, 4) is 5.75 Å². The van der Waals surface area contributed by atoms with Crippen LogP contribution in [0.5, 0.6) is 5.75 Å². The van der Waals surface area contributed by atoms with Crippen LogP contribution in [0.25, 0.3) is 0 Å². The van der Waals surface area contributed by atoms with Crippen LogP contribution in [0.4, 0.5) is 0 Å². The Bertz CT molecular complexity index is 542. The zero-order valence-electron chi connectivity index (χ0n) is 11.0. The van der Waals surface area contributed by atoms with Crippen LogP contribution in [0.3, 0.4) is 0 Å². The van der Waals surface area contributed by atoms with Crippen molar-refractivity contribution >= 4 is 0 Å². The Morgan fingerprint density at radius 2 is 1.95 bits per heavy atom. The molecule has 0 saturated heterocycles. The number of hydrogen-bond acceptors (Lipinski definition) is 4. The van der Waals surface area contributed by atoms with E-state index in [1.807, 2.05) is 24.3 Å². The minimum atomic E-state index is -0.831. The van der Waals surface area contributed by atoms with Crippen LogP contribution in [-0.2, 0) is 11.3 Å². The van der Waals surface area contributed by atoms with Gasteiger partial charge in [0.2, 0.25) is 0 Å². The molecule has 0 spiro atoms. The molecule has 1 atom stereocenters. The normalized spacial score (nSPS) is 12.2. The molecule has 1 unspecified atom stereocenters. The Labute approximate surface area is 112 Å². The zero-order chi connectivity index (χ0) is 13.7. The number of methoxy groups -OCH3 is 2. The molecule has 1 N–H and O–H groups in total. The molecule has 0 aliphatic rings. The lowest BCUT2D eigenvalue weighted by Gasteiger charge is -2.16. The van der Waals surface area contributed by atoms with E-state index < -0.39 is 6.10 Å². The van der Waals surface area contributed by atoms with Crippen molar-refractivity contribution in [2.75, 3.05) is 14.2 Å². The lowest BCUT2D eigenvalue weighted by Crippen LogP contribution is -2.08. The Hall–Kier alpha value is -1.91. The molecule has 0 saturated carbocycles. The van der Waals surface area contributed by atoms with Crippen LogP contribution < -0.4 is 4.74 Å². The highest BCUT2D eigenvalue weighted by Gasteiger charge is 2.19. The van der Waals surface area contributed by atoms with Gasteiger partial charge in [0.05, 0.1) is 13.7 Å². The van der Waals surface area contributed by atoms with Crippen LogP contribution >= 0.6 is 0 Å². The summed E-state index contributed by atoms with van der Waals surface area (Å²) in [7, 11) is 3.19. The Morgan fingerprint density at radius 1 is 1.16 bits per heavy atom. The van der Waals surface area contributed by atoms with Gasteiger partial charge < -0.3 is 14.6 Å². The SMILES string of the molecule is COCc1ccccc1C(O)c1ncccc1OC. The molecule has 2 rings (SSSR count). The number of ether oxygens (including phenoxy) is 2. The predicted molar refractivity (Wildman–Crippen MR) is 72.0 cm³/mol. The van der Waals surface area contributed by atoms with Gasteiger partial charge in [-0.2, -0.15) is 0 Å². The van der Waals surface area contributed by atoms with Crippen LogP contribution in [0, 0.1) is 0 Å². The van der Waals surface area contributed by atoms with Crippen molar-refractivity contribution < 1.29 is 14.6 Å². The van der Waals surface area contributed by atoms with Crippen LogP contribution in [-0.4, -0.2) is 24.3 Å². The van der Waals surface area contributed by atoms with Gasteiger partial charge >= 0.3 is 0 Å². The Kier molecular flexibility index (Phi) is 4.49. The second kappa shape index (κ2) is 6.31. The molecule has 4 heteroatoms. The fraction of sp³-hybridized carbons (Fsp3) is 0.267. The molecule has 100 valence electrons. The summed E-state index contributed by atoms with van der Waals surface area (Å²) in [5, 5.41) is 10.5. The number of pyridine rings is 1. The molecule has 1 heterocycles. The number of aromatic nitrogens is 1. The van der Waals surface area contributed by atoms with E-state index in [1.54, 1.807) is 32.5 Å². The topological polar surface area (TPSA) is 51.6 Å². The van der Waals surface area contributed by atoms with Gasteiger partial charge in [-0.3, -0.25) is 4.98 Å². The Morgan fingerprint density at radius 3 is 2.68 bits per heavy atom. The van der Waals surface area contributed by atoms with Crippen molar-refractivity contribution in [2.24, 2.45) is 0 Å². The number of rotatable bonds is 5. The van der Waals surface area contributed by atoms with Gasteiger partial charge in [0.1, 0.15) is 17.5 Å². The van der Waals surface area contributed by atoms with Gasteiger partial charge in [0.25, 0.3) is 0 Å². The first-order valence-electron chi connectivity index (χ1n) is 6.01. The first kappa shape index (κ1) is 13.5. The van der Waals surface area contributed by atoms with Gasteiger partial charge in [0.15, 0.2) is 0 Å². The summed E-state index contributed by atoms with van der Waals surface area (Å²) < 4.78 is 10.4. The van der Waals surface area contributed by atoms with Crippen LogP contribution in [0.1, 0.15) is 22.9 Å². The summed E-state index contributed by atoms with van der Waals surface area (Å²) in [6.45, 7) is 0.447. The summed E-state index contributed by atoms with van der Waals surface area (Å²) >= 11 is 0. The third-order valence-electron chi connectivity index (χ3n) is 2.93. The number of nitrogens with zero attached hydrogens (tertiary/aromatic N) is 1. The molecular weight excluding hydrogens is 242 g/mol. The smallest absolute Gasteiger partial charge is 0.143 e. The summed E-state index contributed by atoms with van der Waals surface area (Å²) in [5.74, 6) is 0.571. The highest BCUT2D eigenvalue weighted by molar-refractivity contribution is 5.38. The van der Waals surface area contributed by atoms with Gasteiger partial charge in [-0.15, -0.1) is 0 Å². The van der Waals surface area contributed by atoms with E-state index in [9.17, 15) is 5.11 Å². The van der Waals surface area contributed by atoms with E-state index in [0.29, 0.717) is 18.1 Å². The fourth-order valence-electron chi connectivity index (χ4n) is 2.02. The molecule has 0 aliphatic heterocycles. The quantitative estimate of drug-likeness (QED) is 0.895. The van der Waals surface area contributed by atoms with Crippen molar-refractivity contribution in [1.29, 1.82) is 0 Å². The van der Waals surface area contributed by atoms with Crippen molar-refractivity contribution in [3.63, 3.8) is 0 Å². The molecule has 19 heavy (non-hydrogen) atoms. The predicted octanol–water partition coefficient (Wildman–Crippen LogP) is 2.32. The van der Waals surface area contributed by atoms with Gasteiger partial charge in [-0.05, 0) is 23.3 Å². The second-order valence-electron chi connectivity index (χ2n) is 4.13. The molecule has 0 amide bonds. The fourth-order valence-corrected chi connectivity index (χ4v) is 2.02. The monoisotopic (exact) mass is 259 g/mol. The molecule has 0 radical (unpaired) electrons. The standard InChI is InChI=1S/C15H17NO3/c1-18-10-11-6-3-4-7-12(11)15(17)14-13(19-2)8-5-9-16-14/h3-9,15,17H,10H2,1-2H3. The minimum Gasteiger partial charge on any atom is -0.495 e. The molecule has 2 aromatic rings. The molecule has 0 fully saturated rings. The van der Waals surface area contributed by atoms with Crippen LogP contribution in [0.15, 0.2) is 42.6 Å². The first-order valence-corrected chi connectivity index (χ1v) is 6.01. The maximum Gasteiger partial charge on any atom is 0.143 e. The molecule has 0 aliphatic carbocycles. The van der Waals surface area contributed by atoms with Crippen molar-refractivity contribution in [1.82, 2.24) is 4.98 Å². The third kappa shape index (κ3) is 2.92. The zero-order valence-corrected chi connectivity index (χ0v) is 11.0. The van der Waals surface area contributed by atoms with E-state index in [1.165, 1.54) is 0 Å². The molecule has 4 nitrogen and oxygen atoms in total. The maximum atomic E-state index is 10.5. The highest BCUT2D eigenvalue weighted by Crippen LogP contribution is 2.29. The summed E-state index contributed by atoms with van der Waals surface area (Å²) in [6.07, 6.45) is 0.808. The van der Waals surface area contributed by atoms with E-state index in [4.69, 9.17) is 9.47 Å². The molecule has 1 aromatic carbocycles. The van der Waals surface area contributed by atoms with Gasteiger partial charge in [-0.25, -0.2) is 0 Å². The average molecular weight is 259 g/mol. The molecule has 1 aromatic heterocycles. The van der Waals surface area contributed by atoms with Crippen LogP contribution in [0.2, 0.25) is 0 Å². The van der Waals surface area contributed by atoms with E-state index in [2.05, 4.69) is 4.98 Å². The summed E-state index contributed by atoms with van der Waals surface area (Å²) in [5.41, 5.74) is 2.22. The number of benzene rings is 1. The minimum absolute atomic E-state index is 0.447. The third-order valence-corrected chi connectivity index (χ3v) is 2.93. The number of aliphatic hydroxyl groups excluding tert-OH is 1. The second-order valence-corrected chi connectivity index (χ2v) is 4.13. The van der Waals surface area contributed by atoms with Gasteiger partial charge in [-0.1, -0.05) is 24.3 Å². The Balaban J connectivity index is 2.41. The molecule has 0 bridgehead atoms. The lowest BCUT2D eigenvalue weighted by atomic mass is 10.00. The van der Waals surface area contributed by atoms with E-state index in [0.717, 1.165) is 11.1 Å². The van der Waals surface area contributed by atoms with Crippen molar-refractivity contribution in [3.05, 3.63) is 59.4 Å². The maximum absolute atomic E-state index is 10.5. The van der Waals surface area contributed by atoms with E-state index >= 15 is 0 Å². The summed E-state index contributed by atoms with van der Waals surface area (Å²) in [4.78, 5) is 4.21. The summed E-state index contributed by atoms with van der Waals surface area (Å²) in [6, 6.07) is 11.2. The number of aliphatic hydroxyl groups is 1. The van der Waals surface area contributed by atoms with Gasteiger partial charge in [0, 0.05) is 13.3 Å².